The maximum absolute atomic E-state index is 5.86. The molecule has 0 aromatic rings. The lowest BCUT2D eigenvalue weighted by Crippen LogP contribution is -2.58. The van der Waals surface area contributed by atoms with Crippen LogP contribution in [-0.4, -0.2) is 55.6 Å². The van der Waals surface area contributed by atoms with E-state index in [9.17, 15) is 0 Å². The van der Waals surface area contributed by atoms with Crippen molar-refractivity contribution in [2.24, 2.45) is 5.73 Å². The highest BCUT2D eigenvalue weighted by Gasteiger charge is 2.40. The number of nitrogens with two attached hydrogens (primary N) is 1. The van der Waals surface area contributed by atoms with Crippen molar-refractivity contribution in [3.8, 4) is 0 Å². The van der Waals surface area contributed by atoms with Gasteiger partial charge in [0.25, 0.3) is 0 Å². The molecule has 0 heterocycles. The number of nitrogens with zero attached hydrogens (tertiary/aromatic N) is 2. The zero-order valence-corrected chi connectivity index (χ0v) is 11.5. The van der Waals surface area contributed by atoms with E-state index >= 15 is 0 Å². The Morgan fingerprint density at radius 3 is 2.19 bits per heavy atom. The molecule has 3 heteroatoms. The first kappa shape index (κ1) is 13.9. The van der Waals surface area contributed by atoms with Gasteiger partial charge in [-0.25, -0.2) is 0 Å². The van der Waals surface area contributed by atoms with Gasteiger partial charge in [-0.3, -0.25) is 0 Å². The lowest BCUT2D eigenvalue weighted by atomic mass is 9.75. The molecule has 1 rings (SSSR count). The quantitative estimate of drug-likeness (QED) is 0.716. The highest BCUT2D eigenvalue weighted by Crippen LogP contribution is 2.37. The minimum absolute atomic E-state index is 0.426. The summed E-state index contributed by atoms with van der Waals surface area (Å²) in [5.41, 5.74) is 6.29. The Morgan fingerprint density at radius 2 is 1.88 bits per heavy atom. The summed E-state index contributed by atoms with van der Waals surface area (Å²) in [6.07, 6.45) is 6.51. The Hall–Kier alpha value is -0.120. The molecule has 0 aromatic heterocycles. The van der Waals surface area contributed by atoms with E-state index in [0.29, 0.717) is 11.6 Å². The van der Waals surface area contributed by atoms with Gasteiger partial charge in [-0.05, 0) is 46.8 Å². The van der Waals surface area contributed by atoms with E-state index < -0.39 is 0 Å². The molecule has 1 aliphatic carbocycles. The summed E-state index contributed by atoms with van der Waals surface area (Å²) in [6, 6.07) is 0.558. The molecule has 1 fully saturated rings. The second-order valence-corrected chi connectivity index (χ2v) is 5.57. The Kier molecular flexibility index (Phi) is 5.22. The van der Waals surface area contributed by atoms with E-state index in [1.54, 1.807) is 0 Å². The van der Waals surface area contributed by atoms with Crippen LogP contribution in [0.1, 0.15) is 39.0 Å². The summed E-state index contributed by atoms with van der Waals surface area (Å²) < 4.78 is 0. The highest BCUT2D eigenvalue weighted by atomic mass is 15.2. The predicted octanol–water partition coefficient (Wildman–Crippen LogP) is 1.53. The molecule has 16 heavy (non-hydrogen) atoms. The molecule has 3 nitrogen and oxygen atoms in total. The van der Waals surface area contributed by atoms with Gasteiger partial charge in [0.15, 0.2) is 0 Å². The van der Waals surface area contributed by atoms with Crippen molar-refractivity contribution in [2.45, 2.75) is 50.6 Å². The summed E-state index contributed by atoms with van der Waals surface area (Å²) >= 11 is 0. The fraction of sp³-hybridized carbons (Fsp3) is 1.00. The highest BCUT2D eigenvalue weighted by molar-refractivity contribution is 4.98. The molecular formula is C13H29N3. The zero-order chi connectivity index (χ0) is 12.2. The van der Waals surface area contributed by atoms with Crippen LogP contribution >= 0.6 is 0 Å². The van der Waals surface area contributed by atoms with Crippen molar-refractivity contribution in [2.75, 3.05) is 34.2 Å². The van der Waals surface area contributed by atoms with Gasteiger partial charge >= 0.3 is 0 Å². The normalized spacial score (nSPS) is 21.2. The molecule has 0 amide bonds. The molecule has 96 valence electrons. The van der Waals surface area contributed by atoms with Crippen LogP contribution in [0.4, 0.5) is 0 Å². The first-order chi connectivity index (χ1) is 7.55. The second-order valence-electron chi connectivity index (χ2n) is 5.57. The van der Waals surface area contributed by atoms with Crippen LogP contribution in [0.3, 0.4) is 0 Å². The maximum Gasteiger partial charge on any atom is 0.0330 e. The molecule has 0 aliphatic heterocycles. The molecule has 0 aromatic carbocycles. The van der Waals surface area contributed by atoms with Crippen LogP contribution in [-0.2, 0) is 0 Å². The summed E-state index contributed by atoms with van der Waals surface area (Å²) in [5, 5.41) is 0. The van der Waals surface area contributed by atoms with Crippen LogP contribution in [0.15, 0.2) is 0 Å². The molecule has 1 atom stereocenters. The Labute approximate surface area is 101 Å². The monoisotopic (exact) mass is 227 g/mol. The molecule has 1 aliphatic rings. The third-order valence-electron chi connectivity index (χ3n) is 4.29. The van der Waals surface area contributed by atoms with E-state index in [1.807, 2.05) is 0 Å². The molecule has 1 saturated carbocycles. The van der Waals surface area contributed by atoms with E-state index in [1.165, 1.54) is 38.6 Å². The van der Waals surface area contributed by atoms with E-state index in [-0.39, 0.29) is 0 Å². The van der Waals surface area contributed by atoms with Crippen LogP contribution < -0.4 is 5.73 Å². The lowest BCUT2D eigenvalue weighted by Gasteiger charge is -2.50. The minimum Gasteiger partial charge on any atom is -0.329 e. The molecule has 0 bridgehead atoms. The van der Waals surface area contributed by atoms with E-state index in [2.05, 4.69) is 37.9 Å². The SMILES string of the molecule is CCCC(CN)N(C)CC1(N(C)C)CCC1. The van der Waals surface area contributed by atoms with Gasteiger partial charge in [-0.15, -0.1) is 0 Å². The third-order valence-corrected chi connectivity index (χ3v) is 4.29. The predicted molar refractivity (Wildman–Crippen MR) is 70.6 cm³/mol. The largest absolute Gasteiger partial charge is 0.329 e. The molecule has 0 saturated heterocycles. The Balaban J connectivity index is 2.50. The van der Waals surface area contributed by atoms with Crippen molar-refractivity contribution in [3.05, 3.63) is 0 Å². The standard InChI is InChI=1S/C13H29N3/c1-5-7-12(10-14)16(4)11-13(15(2)3)8-6-9-13/h12H,5-11,14H2,1-4H3. The molecule has 0 spiro atoms. The summed E-state index contributed by atoms with van der Waals surface area (Å²) in [5.74, 6) is 0. The fourth-order valence-electron chi connectivity index (χ4n) is 2.78. The Bertz CT molecular complexity index is 199. The first-order valence-corrected chi connectivity index (χ1v) is 6.63. The van der Waals surface area contributed by atoms with Gasteiger partial charge in [0, 0.05) is 24.7 Å². The lowest BCUT2D eigenvalue weighted by molar-refractivity contribution is 0.0160. The van der Waals surface area contributed by atoms with Gasteiger partial charge in [0.05, 0.1) is 0 Å². The van der Waals surface area contributed by atoms with Gasteiger partial charge in [0.1, 0.15) is 0 Å². The third kappa shape index (κ3) is 2.96. The average molecular weight is 227 g/mol. The number of rotatable bonds is 7. The summed E-state index contributed by atoms with van der Waals surface area (Å²) in [4.78, 5) is 4.88. The average Bonchev–Trinajstić information content (AvgIpc) is 2.18. The van der Waals surface area contributed by atoms with Crippen LogP contribution in [0, 0.1) is 0 Å². The second kappa shape index (κ2) is 5.99. The van der Waals surface area contributed by atoms with Crippen LogP contribution in [0.25, 0.3) is 0 Å². The van der Waals surface area contributed by atoms with E-state index in [0.717, 1.165) is 6.54 Å². The summed E-state index contributed by atoms with van der Waals surface area (Å²) in [7, 11) is 6.66. The fourth-order valence-corrected chi connectivity index (χ4v) is 2.78. The van der Waals surface area contributed by atoms with Crippen LogP contribution in [0.2, 0.25) is 0 Å². The Morgan fingerprint density at radius 1 is 1.25 bits per heavy atom. The van der Waals surface area contributed by atoms with Gasteiger partial charge < -0.3 is 15.5 Å². The van der Waals surface area contributed by atoms with Crippen molar-refractivity contribution in [1.29, 1.82) is 0 Å². The van der Waals surface area contributed by atoms with E-state index in [4.69, 9.17) is 5.73 Å². The van der Waals surface area contributed by atoms with Crippen LogP contribution in [0.5, 0.6) is 0 Å². The van der Waals surface area contributed by atoms with Gasteiger partial charge in [-0.1, -0.05) is 13.3 Å². The van der Waals surface area contributed by atoms with Gasteiger partial charge in [-0.2, -0.15) is 0 Å². The molecule has 1 unspecified atom stereocenters. The molecule has 2 N–H and O–H groups in total. The first-order valence-electron chi connectivity index (χ1n) is 6.63. The molecule has 0 radical (unpaired) electrons. The zero-order valence-electron chi connectivity index (χ0n) is 11.5. The van der Waals surface area contributed by atoms with Crippen molar-refractivity contribution in [3.63, 3.8) is 0 Å². The van der Waals surface area contributed by atoms with Gasteiger partial charge in [0.2, 0.25) is 0 Å². The summed E-state index contributed by atoms with van der Waals surface area (Å²) in [6.45, 7) is 4.19. The maximum atomic E-state index is 5.86. The van der Waals surface area contributed by atoms with Crippen molar-refractivity contribution in [1.82, 2.24) is 9.80 Å². The molecular weight excluding hydrogens is 198 g/mol. The van der Waals surface area contributed by atoms with Crippen molar-refractivity contribution >= 4 is 0 Å². The topological polar surface area (TPSA) is 32.5 Å². The smallest absolute Gasteiger partial charge is 0.0330 e. The number of likely N-dealkylation sites (N-methyl/N-ethyl adjacent to an activating group) is 2. The minimum atomic E-state index is 0.426. The number of hydrogen-bond acceptors (Lipinski definition) is 3. The van der Waals surface area contributed by atoms with Crippen molar-refractivity contribution < 1.29 is 0 Å². The number of hydrogen-bond donors (Lipinski definition) is 1.